The van der Waals surface area contributed by atoms with Crippen molar-refractivity contribution in [1.29, 1.82) is 0 Å². The van der Waals surface area contributed by atoms with Crippen LogP contribution in [0.25, 0.3) is 0 Å². The average Bonchev–Trinajstić information content (AvgIpc) is 2.80. The van der Waals surface area contributed by atoms with Crippen molar-refractivity contribution in [3.05, 3.63) is 11.6 Å². The molecule has 3 fully saturated rings. The van der Waals surface area contributed by atoms with Crippen molar-refractivity contribution in [2.45, 2.75) is 77.4 Å². The highest BCUT2D eigenvalue weighted by Crippen LogP contribution is 2.67. The number of hydrogen-bond donors (Lipinski definition) is 2. The van der Waals surface area contributed by atoms with E-state index in [0.717, 1.165) is 25.7 Å². The first-order chi connectivity index (χ1) is 11.6. The molecule has 0 aromatic heterocycles. The number of carbonyl (C=O) groups is 2. The van der Waals surface area contributed by atoms with Gasteiger partial charge < -0.3 is 10.2 Å². The second-order valence-corrected chi connectivity index (χ2v) is 9.53. The average molecular weight is 346 g/mol. The fourth-order valence-corrected chi connectivity index (χ4v) is 7.27. The Bertz CT molecular complexity index is 667. The molecule has 138 valence electrons. The topological polar surface area (TPSA) is 74.6 Å². The first kappa shape index (κ1) is 17.4. The van der Waals surface area contributed by atoms with Crippen LogP contribution < -0.4 is 0 Å². The summed E-state index contributed by atoms with van der Waals surface area (Å²) in [4.78, 5) is 24.1. The standard InChI is InChI=1S/C21H30O4/c1-12(22)21(25)9-7-16-15-5-4-13-10-14(23)6-8-19(13,2)18(15)17(24)11-20(16,21)3/h10,15-18,24-25H,4-9,11H2,1-3H3/t15-,16-,17-,18?,19-,20-,21-/m0/s1. The Balaban J connectivity index is 1.75. The van der Waals surface area contributed by atoms with Crippen LogP contribution in [0.1, 0.15) is 65.7 Å². The molecule has 4 rings (SSSR count). The molecule has 0 aliphatic heterocycles. The van der Waals surface area contributed by atoms with Crippen molar-refractivity contribution >= 4 is 11.6 Å². The zero-order valence-corrected chi connectivity index (χ0v) is 15.5. The van der Waals surface area contributed by atoms with E-state index in [0.29, 0.717) is 25.2 Å². The molecule has 1 unspecified atom stereocenters. The van der Waals surface area contributed by atoms with Gasteiger partial charge in [0.05, 0.1) is 6.10 Å². The summed E-state index contributed by atoms with van der Waals surface area (Å²) in [7, 11) is 0. The Morgan fingerprint density at radius 1 is 1.20 bits per heavy atom. The van der Waals surface area contributed by atoms with E-state index in [-0.39, 0.29) is 28.8 Å². The number of rotatable bonds is 1. The molecule has 4 aliphatic carbocycles. The van der Waals surface area contributed by atoms with Crippen LogP contribution in [0.15, 0.2) is 11.6 Å². The zero-order valence-electron chi connectivity index (χ0n) is 15.5. The van der Waals surface area contributed by atoms with E-state index in [1.165, 1.54) is 12.5 Å². The Morgan fingerprint density at radius 3 is 2.60 bits per heavy atom. The number of fused-ring (bicyclic) bond motifs is 5. The SMILES string of the molecule is CC(=O)[C@@]1(O)CC[C@H]2[C@@H]3CCC4=CC(=O)CC[C@]4(C)C3[C@@H](O)C[C@@]21C. The molecule has 0 heterocycles. The first-order valence-corrected chi connectivity index (χ1v) is 9.79. The minimum atomic E-state index is -1.30. The minimum absolute atomic E-state index is 0.117. The van der Waals surface area contributed by atoms with Crippen molar-refractivity contribution in [2.75, 3.05) is 0 Å². The van der Waals surface area contributed by atoms with Gasteiger partial charge in [-0.05, 0) is 74.7 Å². The molecule has 7 atom stereocenters. The van der Waals surface area contributed by atoms with Crippen LogP contribution in [0, 0.1) is 28.6 Å². The van der Waals surface area contributed by atoms with Gasteiger partial charge in [0, 0.05) is 11.8 Å². The van der Waals surface area contributed by atoms with Gasteiger partial charge in [0.15, 0.2) is 11.6 Å². The summed E-state index contributed by atoms with van der Waals surface area (Å²) in [5.41, 5.74) is -0.744. The van der Waals surface area contributed by atoms with E-state index in [9.17, 15) is 19.8 Å². The summed E-state index contributed by atoms with van der Waals surface area (Å²) in [6.07, 6.45) is 6.38. The van der Waals surface area contributed by atoms with E-state index in [2.05, 4.69) is 6.92 Å². The van der Waals surface area contributed by atoms with Crippen molar-refractivity contribution in [3.63, 3.8) is 0 Å². The third-order valence-corrected chi connectivity index (χ3v) is 8.63. The van der Waals surface area contributed by atoms with E-state index in [4.69, 9.17) is 0 Å². The Morgan fingerprint density at radius 2 is 1.92 bits per heavy atom. The molecule has 25 heavy (non-hydrogen) atoms. The number of carbonyl (C=O) groups excluding carboxylic acids is 2. The van der Waals surface area contributed by atoms with Gasteiger partial charge in [0.1, 0.15) is 5.60 Å². The summed E-state index contributed by atoms with van der Waals surface area (Å²) >= 11 is 0. The highest BCUT2D eigenvalue weighted by molar-refractivity contribution is 5.91. The maximum absolute atomic E-state index is 12.2. The van der Waals surface area contributed by atoms with Crippen LogP contribution in [0.2, 0.25) is 0 Å². The number of Topliss-reactive ketones (excluding diaryl/α,β-unsaturated/α-hetero) is 1. The lowest BCUT2D eigenvalue weighted by Crippen LogP contribution is -2.61. The Kier molecular flexibility index (Phi) is 3.66. The molecular formula is C21H30O4. The molecular weight excluding hydrogens is 316 g/mol. The minimum Gasteiger partial charge on any atom is -0.393 e. The number of aliphatic hydroxyl groups is 2. The Hall–Kier alpha value is -1.00. The third-order valence-electron chi connectivity index (χ3n) is 8.63. The van der Waals surface area contributed by atoms with Crippen LogP contribution in [-0.2, 0) is 9.59 Å². The second kappa shape index (κ2) is 5.26. The molecule has 0 amide bonds. The fourth-order valence-electron chi connectivity index (χ4n) is 7.27. The first-order valence-electron chi connectivity index (χ1n) is 9.79. The van der Waals surface area contributed by atoms with Crippen molar-refractivity contribution < 1.29 is 19.8 Å². The maximum Gasteiger partial charge on any atom is 0.161 e. The van der Waals surface area contributed by atoms with Gasteiger partial charge in [-0.3, -0.25) is 9.59 Å². The van der Waals surface area contributed by atoms with Crippen LogP contribution >= 0.6 is 0 Å². The summed E-state index contributed by atoms with van der Waals surface area (Å²) in [5, 5.41) is 22.3. The lowest BCUT2D eigenvalue weighted by atomic mass is 9.45. The van der Waals surface area contributed by atoms with Gasteiger partial charge in [-0.15, -0.1) is 0 Å². The van der Waals surface area contributed by atoms with E-state index in [1.54, 1.807) is 0 Å². The molecule has 0 spiro atoms. The van der Waals surface area contributed by atoms with E-state index >= 15 is 0 Å². The third kappa shape index (κ3) is 2.07. The number of hydrogen-bond acceptors (Lipinski definition) is 4. The smallest absolute Gasteiger partial charge is 0.161 e. The van der Waals surface area contributed by atoms with E-state index < -0.39 is 17.1 Å². The van der Waals surface area contributed by atoms with Crippen molar-refractivity contribution in [1.82, 2.24) is 0 Å². The zero-order chi connectivity index (χ0) is 18.2. The van der Waals surface area contributed by atoms with Gasteiger partial charge in [0.25, 0.3) is 0 Å². The molecule has 0 aromatic carbocycles. The van der Waals surface area contributed by atoms with Crippen molar-refractivity contribution in [2.24, 2.45) is 28.6 Å². The predicted octanol–water partition coefficient (Wildman–Crippen LogP) is 2.81. The molecule has 0 radical (unpaired) electrons. The lowest BCUT2D eigenvalue weighted by Gasteiger charge is -2.60. The van der Waals surface area contributed by atoms with Crippen LogP contribution in [0.4, 0.5) is 0 Å². The molecule has 3 saturated carbocycles. The predicted molar refractivity (Wildman–Crippen MR) is 93.7 cm³/mol. The van der Waals surface area contributed by atoms with E-state index in [1.807, 2.05) is 13.0 Å². The van der Waals surface area contributed by atoms with Gasteiger partial charge in [0.2, 0.25) is 0 Å². The fraction of sp³-hybridized carbons (Fsp3) is 0.810. The van der Waals surface area contributed by atoms with Gasteiger partial charge in [-0.25, -0.2) is 0 Å². The molecule has 2 N–H and O–H groups in total. The number of ketones is 2. The van der Waals surface area contributed by atoms with Gasteiger partial charge in [-0.1, -0.05) is 19.4 Å². The quantitative estimate of drug-likeness (QED) is 0.766. The molecule has 4 heteroatoms. The molecule has 0 aromatic rings. The van der Waals surface area contributed by atoms with Crippen LogP contribution in [0.3, 0.4) is 0 Å². The number of allylic oxidation sites excluding steroid dienone is 1. The molecule has 0 bridgehead atoms. The van der Waals surface area contributed by atoms with Crippen LogP contribution in [0.5, 0.6) is 0 Å². The van der Waals surface area contributed by atoms with Crippen LogP contribution in [-0.4, -0.2) is 33.5 Å². The lowest BCUT2D eigenvalue weighted by molar-refractivity contribution is -0.179. The second-order valence-electron chi connectivity index (χ2n) is 9.53. The summed E-state index contributed by atoms with van der Waals surface area (Å²) < 4.78 is 0. The van der Waals surface area contributed by atoms with Gasteiger partial charge in [-0.2, -0.15) is 0 Å². The monoisotopic (exact) mass is 346 g/mol. The molecule has 0 saturated heterocycles. The maximum atomic E-state index is 12.2. The van der Waals surface area contributed by atoms with Crippen molar-refractivity contribution in [3.8, 4) is 0 Å². The molecule has 4 aliphatic rings. The highest BCUT2D eigenvalue weighted by atomic mass is 16.3. The highest BCUT2D eigenvalue weighted by Gasteiger charge is 2.67. The summed E-state index contributed by atoms with van der Waals surface area (Å²) in [5.74, 6) is 0.776. The normalized spacial score (nSPS) is 52.0. The number of aliphatic hydroxyl groups excluding tert-OH is 1. The Labute approximate surface area is 149 Å². The summed E-state index contributed by atoms with van der Waals surface area (Å²) in [6.45, 7) is 5.73. The summed E-state index contributed by atoms with van der Waals surface area (Å²) in [6, 6.07) is 0. The molecule has 4 nitrogen and oxygen atoms in total. The van der Waals surface area contributed by atoms with Gasteiger partial charge >= 0.3 is 0 Å². The largest absolute Gasteiger partial charge is 0.393 e.